The number of amides is 1. The number of unbranched alkanes of at least 4 members (excludes halogenated alkanes) is 2. The van der Waals surface area contributed by atoms with Crippen LogP contribution in [0.4, 0.5) is 5.69 Å². The average molecular weight is 334 g/mol. The van der Waals surface area contributed by atoms with Gasteiger partial charge in [0.25, 0.3) is 0 Å². The zero-order chi connectivity index (χ0) is 16.8. The molecule has 1 N–H and O–H groups in total. The molecule has 0 saturated heterocycles. The molecule has 2 nitrogen and oxygen atoms in total. The Morgan fingerprint density at radius 1 is 1.13 bits per heavy atom. The monoisotopic (exact) mass is 333 g/mol. The molecular formula is C20H31NOS. The lowest BCUT2D eigenvalue weighted by atomic mass is 9.91. The first-order valence-corrected chi connectivity index (χ1v) is 10.0. The zero-order valence-corrected chi connectivity index (χ0v) is 15.9. The van der Waals surface area contributed by atoms with Crippen LogP contribution in [0.15, 0.2) is 17.0 Å². The molecule has 1 heterocycles. The molecule has 1 amide bonds. The molecule has 2 atom stereocenters. The minimum atomic E-state index is 0.194. The highest BCUT2D eigenvalue weighted by atomic mass is 32.2. The van der Waals surface area contributed by atoms with Crippen molar-refractivity contribution >= 4 is 23.4 Å². The Morgan fingerprint density at radius 2 is 1.83 bits per heavy atom. The molecule has 1 aromatic rings. The second-order valence-electron chi connectivity index (χ2n) is 6.91. The molecule has 1 aromatic carbocycles. The summed E-state index contributed by atoms with van der Waals surface area (Å²) in [6.45, 7) is 8.76. The van der Waals surface area contributed by atoms with Crippen LogP contribution < -0.4 is 5.32 Å². The number of benzene rings is 1. The molecule has 0 aliphatic carbocycles. The summed E-state index contributed by atoms with van der Waals surface area (Å²) in [4.78, 5) is 13.8. The van der Waals surface area contributed by atoms with Crippen LogP contribution in [0, 0.1) is 19.8 Å². The second-order valence-corrected chi connectivity index (χ2v) is 8.16. The molecule has 3 heteroatoms. The summed E-state index contributed by atoms with van der Waals surface area (Å²) in [5.41, 5.74) is 3.53. The Morgan fingerprint density at radius 3 is 2.52 bits per heavy atom. The summed E-state index contributed by atoms with van der Waals surface area (Å²) >= 11 is 2.01. The molecule has 128 valence electrons. The third kappa shape index (κ3) is 5.00. The molecule has 2 rings (SSSR count). The minimum absolute atomic E-state index is 0.194. The lowest BCUT2D eigenvalue weighted by molar-refractivity contribution is -0.117. The maximum Gasteiger partial charge on any atom is 0.224 e. The van der Waals surface area contributed by atoms with Crippen LogP contribution in [0.1, 0.15) is 69.9 Å². The van der Waals surface area contributed by atoms with Crippen LogP contribution in [-0.2, 0) is 4.79 Å². The molecule has 0 saturated carbocycles. The summed E-state index contributed by atoms with van der Waals surface area (Å²) in [6.07, 6.45) is 7.97. The van der Waals surface area contributed by atoms with E-state index in [1.165, 1.54) is 54.5 Å². The summed E-state index contributed by atoms with van der Waals surface area (Å²) in [5.74, 6) is 0.694. The van der Waals surface area contributed by atoms with Gasteiger partial charge < -0.3 is 5.32 Å². The van der Waals surface area contributed by atoms with E-state index in [0.717, 1.165) is 5.69 Å². The topological polar surface area (TPSA) is 29.1 Å². The number of thioether (sulfide) groups is 1. The van der Waals surface area contributed by atoms with Gasteiger partial charge in [0.2, 0.25) is 5.91 Å². The minimum Gasteiger partial charge on any atom is -0.325 e. The fourth-order valence-corrected chi connectivity index (χ4v) is 4.97. The van der Waals surface area contributed by atoms with Crippen molar-refractivity contribution in [1.82, 2.24) is 0 Å². The van der Waals surface area contributed by atoms with Crippen molar-refractivity contribution in [3.05, 3.63) is 23.3 Å². The smallest absolute Gasteiger partial charge is 0.224 e. The van der Waals surface area contributed by atoms with Gasteiger partial charge in [0.1, 0.15) is 0 Å². The van der Waals surface area contributed by atoms with Gasteiger partial charge in [-0.2, -0.15) is 0 Å². The Bertz CT molecular complexity index is 541. The average Bonchev–Trinajstić information content (AvgIpc) is 2.48. The maximum absolute atomic E-state index is 12.5. The number of rotatable bonds is 6. The molecule has 2 unspecified atom stereocenters. The van der Waals surface area contributed by atoms with Crippen molar-refractivity contribution in [2.75, 3.05) is 5.32 Å². The number of hydrogen-bond donors (Lipinski definition) is 1. The molecule has 0 radical (unpaired) electrons. The van der Waals surface area contributed by atoms with Crippen LogP contribution in [0.3, 0.4) is 0 Å². The Labute approximate surface area is 145 Å². The Kier molecular flexibility index (Phi) is 7.01. The van der Waals surface area contributed by atoms with E-state index in [0.29, 0.717) is 17.6 Å². The lowest BCUT2D eigenvalue weighted by Crippen LogP contribution is -2.27. The van der Waals surface area contributed by atoms with Crippen molar-refractivity contribution in [3.8, 4) is 0 Å². The van der Waals surface area contributed by atoms with Gasteiger partial charge in [0, 0.05) is 16.6 Å². The molecule has 0 spiro atoms. The third-order valence-corrected chi connectivity index (χ3v) is 6.41. The molecule has 0 bridgehead atoms. The van der Waals surface area contributed by atoms with Gasteiger partial charge in [-0.25, -0.2) is 0 Å². The van der Waals surface area contributed by atoms with Crippen molar-refractivity contribution in [3.63, 3.8) is 0 Å². The number of anilines is 1. The first-order valence-electron chi connectivity index (χ1n) is 9.12. The van der Waals surface area contributed by atoms with Gasteiger partial charge in [-0.1, -0.05) is 45.6 Å². The van der Waals surface area contributed by atoms with Crippen LogP contribution in [0.2, 0.25) is 0 Å². The van der Waals surface area contributed by atoms with Crippen LogP contribution >= 0.6 is 11.8 Å². The normalized spacial score (nSPS) is 21.3. The first kappa shape index (κ1) is 18.4. The maximum atomic E-state index is 12.5. The molecule has 23 heavy (non-hydrogen) atoms. The van der Waals surface area contributed by atoms with E-state index in [1.807, 2.05) is 11.8 Å². The Hall–Kier alpha value is -0.960. The van der Waals surface area contributed by atoms with Gasteiger partial charge in [-0.05, 0) is 49.8 Å². The van der Waals surface area contributed by atoms with Gasteiger partial charge in [-0.15, -0.1) is 11.8 Å². The first-order chi connectivity index (χ1) is 11.0. The highest BCUT2D eigenvalue weighted by molar-refractivity contribution is 8.00. The van der Waals surface area contributed by atoms with Gasteiger partial charge >= 0.3 is 0 Å². The molecule has 1 aliphatic heterocycles. The summed E-state index contributed by atoms with van der Waals surface area (Å²) in [5, 5.41) is 3.73. The number of carbonyl (C=O) groups is 1. The van der Waals surface area contributed by atoms with E-state index in [4.69, 9.17) is 0 Å². The quantitative estimate of drug-likeness (QED) is 0.681. The van der Waals surface area contributed by atoms with Crippen LogP contribution in [-0.4, -0.2) is 11.2 Å². The second kappa shape index (κ2) is 8.77. The third-order valence-electron chi connectivity index (χ3n) is 4.71. The van der Waals surface area contributed by atoms with Crippen LogP contribution in [0.25, 0.3) is 0 Å². The van der Waals surface area contributed by atoms with Crippen molar-refractivity contribution in [1.29, 1.82) is 0 Å². The van der Waals surface area contributed by atoms with E-state index >= 15 is 0 Å². The lowest BCUT2D eigenvalue weighted by Gasteiger charge is -2.30. The highest BCUT2D eigenvalue weighted by Crippen LogP contribution is 2.42. The number of hydrogen-bond acceptors (Lipinski definition) is 2. The van der Waals surface area contributed by atoms with Crippen molar-refractivity contribution in [2.24, 2.45) is 5.92 Å². The van der Waals surface area contributed by atoms with E-state index in [2.05, 4.69) is 45.1 Å². The van der Waals surface area contributed by atoms with E-state index in [-0.39, 0.29) is 5.91 Å². The summed E-state index contributed by atoms with van der Waals surface area (Å²) in [6, 6.07) is 4.36. The molecular weight excluding hydrogens is 302 g/mol. The fraction of sp³-hybridized carbons (Fsp3) is 0.650. The highest BCUT2D eigenvalue weighted by Gasteiger charge is 2.28. The summed E-state index contributed by atoms with van der Waals surface area (Å²) < 4.78 is 0. The molecule has 0 fully saturated rings. The summed E-state index contributed by atoms with van der Waals surface area (Å²) in [7, 11) is 0. The number of nitrogens with one attached hydrogen (secondary N) is 1. The predicted octanol–water partition coefficient (Wildman–Crippen LogP) is 6.10. The molecule has 1 aliphatic rings. The van der Waals surface area contributed by atoms with Gasteiger partial charge in [-0.3, -0.25) is 4.79 Å². The predicted molar refractivity (Wildman–Crippen MR) is 101 cm³/mol. The number of fused-ring (bicyclic) bond motifs is 1. The van der Waals surface area contributed by atoms with Crippen molar-refractivity contribution < 1.29 is 4.79 Å². The largest absolute Gasteiger partial charge is 0.325 e. The Balaban J connectivity index is 2.32. The standard InChI is InChI=1S/C20H31NOS/c1-5-7-9-16-13-19(22)21-17-12-14(3)11-15(4)20(17)23-18(16)10-8-6-2/h11-12,16,18H,5-10,13H2,1-4H3,(H,21,22). The number of aryl methyl sites for hydroxylation is 2. The van der Waals surface area contributed by atoms with Crippen LogP contribution in [0.5, 0.6) is 0 Å². The van der Waals surface area contributed by atoms with E-state index in [1.54, 1.807) is 0 Å². The zero-order valence-electron chi connectivity index (χ0n) is 15.1. The SMILES string of the molecule is CCCCC1CC(=O)Nc2cc(C)cc(C)c2SC1CCCC. The van der Waals surface area contributed by atoms with Crippen molar-refractivity contribution in [2.45, 2.75) is 82.8 Å². The fourth-order valence-electron chi connectivity index (χ4n) is 3.48. The number of carbonyl (C=O) groups excluding carboxylic acids is 1. The van der Waals surface area contributed by atoms with E-state index in [9.17, 15) is 4.79 Å². The van der Waals surface area contributed by atoms with Gasteiger partial charge in [0.15, 0.2) is 0 Å². The van der Waals surface area contributed by atoms with Gasteiger partial charge in [0.05, 0.1) is 5.69 Å². The molecule has 0 aromatic heterocycles. The van der Waals surface area contributed by atoms with E-state index < -0.39 is 0 Å².